The average molecular weight is 1130 g/mol. The Morgan fingerprint density at radius 1 is 0.259 bits per heavy atom. The van der Waals surface area contributed by atoms with E-state index in [1.165, 1.54) is 205 Å². The van der Waals surface area contributed by atoms with Crippen molar-refractivity contribution in [3.63, 3.8) is 0 Å². The topological polar surface area (TPSA) is 78.9 Å². The molecule has 0 heterocycles. The third-order valence-electron chi connectivity index (χ3n) is 15.4. The van der Waals surface area contributed by atoms with Gasteiger partial charge in [0.05, 0.1) is 0 Å². The van der Waals surface area contributed by atoms with Crippen molar-refractivity contribution in [2.75, 3.05) is 13.2 Å². The highest BCUT2D eigenvalue weighted by Gasteiger charge is 2.19. The number of allylic oxidation sites excluding steroid dienone is 14. The van der Waals surface area contributed by atoms with Crippen LogP contribution in [0, 0.1) is 0 Å². The summed E-state index contributed by atoms with van der Waals surface area (Å²) in [6.07, 6.45) is 91.9. The van der Waals surface area contributed by atoms with Gasteiger partial charge in [-0.25, -0.2) is 0 Å². The Labute approximate surface area is 503 Å². The number of ether oxygens (including phenoxy) is 3. The first-order valence-corrected chi connectivity index (χ1v) is 35.1. The largest absolute Gasteiger partial charge is 0.462 e. The highest BCUT2D eigenvalue weighted by Crippen LogP contribution is 2.18. The second kappa shape index (κ2) is 69.1. The van der Waals surface area contributed by atoms with E-state index >= 15 is 0 Å². The van der Waals surface area contributed by atoms with E-state index in [1.54, 1.807) is 0 Å². The summed E-state index contributed by atoms with van der Waals surface area (Å²) in [6, 6.07) is 0. The lowest BCUT2D eigenvalue weighted by atomic mass is 10.0. The molecule has 0 radical (unpaired) electrons. The zero-order valence-electron chi connectivity index (χ0n) is 53.8. The summed E-state index contributed by atoms with van der Waals surface area (Å²) >= 11 is 0. The smallest absolute Gasteiger partial charge is 0.306 e. The molecule has 0 bridgehead atoms. The maximum Gasteiger partial charge on any atom is 0.306 e. The molecule has 6 nitrogen and oxygen atoms in total. The lowest BCUT2D eigenvalue weighted by Gasteiger charge is -2.18. The summed E-state index contributed by atoms with van der Waals surface area (Å²) in [7, 11) is 0. The van der Waals surface area contributed by atoms with Crippen LogP contribution in [0.25, 0.3) is 0 Å². The van der Waals surface area contributed by atoms with Gasteiger partial charge in [-0.1, -0.05) is 331 Å². The SMILES string of the molecule is CC/C=C\C/C=C\C/C=C\C/C=C\CCCCCCCCCCCCCCC(=O)OCC(COC(=O)CCCCC/C=C\C/C=C\C/C=C\CC)OC(=O)CCCCCCCCCCCCCCCCCCCCCCCCCCC. The zero-order valence-corrected chi connectivity index (χ0v) is 53.8. The van der Waals surface area contributed by atoms with E-state index in [4.69, 9.17) is 14.2 Å². The van der Waals surface area contributed by atoms with Crippen LogP contribution in [0.15, 0.2) is 85.1 Å². The first-order chi connectivity index (χ1) is 40.0. The van der Waals surface area contributed by atoms with Crippen LogP contribution in [-0.2, 0) is 28.6 Å². The quantitative estimate of drug-likeness (QED) is 0.0261. The molecule has 0 N–H and O–H groups in total. The van der Waals surface area contributed by atoms with Crippen LogP contribution in [-0.4, -0.2) is 37.2 Å². The summed E-state index contributed by atoms with van der Waals surface area (Å²) in [5, 5.41) is 0. The molecule has 81 heavy (non-hydrogen) atoms. The molecule has 0 aromatic heterocycles. The van der Waals surface area contributed by atoms with Crippen molar-refractivity contribution in [3.05, 3.63) is 85.1 Å². The van der Waals surface area contributed by atoms with Gasteiger partial charge in [0.15, 0.2) is 6.10 Å². The highest BCUT2D eigenvalue weighted by molar-refractivity contribution is 5.71. The number of esters is 3. The van der Waals surface area contributed by atoms with Crippen LogP contribution in [0.4, 0.5) is 0 Å². The van der Waals surface area contributed by atoms with Gasteiger partial charge in [0.2, 0.25) is 0 Å². The molecule has 1 unspecified atom stereocenters. The molecule has 1 atom stereocenters. The molecule has 0 aliphatic heterocycles. The molecule has 0 amide bonds. The van der Waals surface area contributed by atoms with Crippen molar-refractivity contribution >= 4 is 17.9 Å². The van der Waals surface area contributed by atoms with Gasteiger partial charge in [-0.15, -0.1) is 0 Å². The minimum absolute atomic E-state index is 0.0837. The second-order valence-corrected chi connectivity index (χ2v) is 23.4. The number of hydrogen-bond acceptors (Lipinski definition) is 6. The lowest BCUT2D eigenvalue weighted by molar-refractivity contribution is -0.167. The standard InChI is InChI=1S/C75H132O6/c1-4-7-10-13-16-19-22-25-27-29-31-33-35-37-39-41-43-45-47-50-53-56-59-62-65-68-74(77)80-71-72(70-79-73(76)67-64-61-58-55-52-49-24-21-18-15-12-9-6-3)81-75(78)69-66-63-60-57-54-51-48-46-44-42-40-38-36-34-32-30-28-26-23-20-17-14-11-8-5-2/h7,9-10,12,16,18-19,21,25,27,31,33,49,52,72H,4-6,8,11,13-15,17,20,22-24,26,28-30,32,34-48,50-51,53-71H2,1-3H3/b10-7-,12-9-,19-16-,21-18-,27-25-,33-31-,52-49-. The van der Waals surface area contributed by atoms with E-state index in [1.807, 2.05) is 0 Å². The number of unbranched alkanes of at least 4 members (excludes halogenated alkanes) is 39. The molecule has 0 aromatic rings. The first-order valence-electron chi connectivity index (χ1n) is 35.1. The maximum absolute atomic E-state index is 13.0. The van der Waals surface area contributed by atoms with E-state index in [9.17, 15) is 14.4 Å². The summed E-state index contributed by atoms with van der Waals surface area (Å²) in [6.45, 7) is 6.44. The molecule has 0 aliphatic carbocycles. The number of rotatable bonds is 64. The van der Waals surface area contributed by atoms with Crippen molar-refractivity contribution in [1.29, 1.82) is 0 Å². The highest BCUT2D eigenvalue weighted by atomic mass is 16.6. The van der Waals surface area contributed by atoms with E-state index in [0.717, 1.165) is 109 Å². The Morgan fingerprint density at radius 3 is 0.765 bits per heavy atom. The lowest BCUT2D eigenvalue weighted by Crippen LogP contribution is -2.30. The molecule has 0 aliphatic rings. The molecule has 0 rings (SSSR count). The predicted molar refractivity (Wildman–Crippen MR) is 353 cm³/mol. The van der Waals surface area contributed by atoms with Gasteiger partial charge < -0.3 is 14.2 Å². The van der Waals surface area contributed by atoms with Gasteiger partial charge in [0.1, 0.15) is 13.2 Å². The average Bonchev–Trinajstić information content (AvgIpc) is 3.46. The molecule has 0 fully saturated rings. The van der Waals surface area contributed by atoms with Crippen molar-refractivity contribution in [1.82, 2.24) is 0 Å². The summed E-state index contributed by atoms with van der Waals surface area (Å²) in [5.41, 5.74) is 0. The van der Waals surface area contributed by atoms with E-state index < -0.39 is 6.10 Å². The fourth-order valence-electron chi connectivity index (χ4n) is 10.2. The Kier molecular flexibility index (Phi) is 66.2. The minimum atomic E-state index is -0.789. The fourth-order valence-corrected chi connectivity index (χ4v) is 10.2. The predicted octanol–water partition coefficient (Wildman–Crippen LogP) is 24.2. The maximum atomic E-state index is 13.0. The molecular weight excluding hydrogens is 997 g/mol. The van der Waals surface area contributed by atoms with Crippen LogP contribution in [0.3, 0.4) is 0 Å². The molecule has 6 heteroatoms. The summed E-state index contributed by atoms with van der Waals surface area (Å²) in [4.78, 5) is 38.4. The Bertz CT molecular complexity index is 1530. The molecule has 0 aromatic carbocycles. The van der Waals surface area contributed by atoms with Crippen LogP contribution < -0.4 is 0 Å². The Morgan fingerprint density at radius 2 is 0.481 bits per heavy atom. The van der Waals surface area contributed by atoms with Crippen molar-refractivity contribution in [2.45, 2.75) is 361 Å². The van der Waals surface area contributed by atoms with Crippen LogP contribution >= 0.6 is 0 Å². The minimum Gasteiger partial charge on any atom is -0.462 e. The van der Waals surface area contributed by atoms with Crippen LogP contribution in [0.5, 0.6) is 0 Å². The van der Waals surface area contributed by atoms with E-state index in [2.05, 4.69) is 106 Å². The molecular formula is C75H132O6. The van der Waals surface area contributed by atoms with Gasteiger partial charge >= 0.3 is 17.9 Å². The Balaban J connectivity index is 4.26. The molecule has 0 saturated heterocycles. The third-order valence-corrected chi connectivity index (χ3v) is 15.4. The van der Waals surface area contributed by atoms with Crippen molar-refractivity contribution < 1.29 is 28.6 Å². The van der Waals surface area contributed by atoms with Crippen LogP contribution in [0.2, 0.25) is 0 Å². The number of carbonyl (C=O) groups is 3. The van der Waals surface area contributed by atoms with Gasteiger partial charge in [0, 0.05) is 19.3 Å². The Hall–Kier alpha value is -3.41. The van der Waals surface area contributed by atoms with E-state index in [0.29, 0.717) is 19.3 Å². The van der Waals surface area contributed by atoms with E-state index in [-0.39, 0.29) is 31.1 Å². The molecule has 0 spiro atoms. The van der Waals surface area contributed by atoms with Gasteiger partial charge in [0.25, 0.3) is 0 Å². The third kappa shape index (κ3) is 67.3. The van der Waals surface area contributed by atoms with Crippen LogP contribution in [0.1, 0.15) is 355 Å². The monoisotopic (exact) mass is 1130 g/mol. The normalized spacial score (nSPS) is 12.6. The summed E-state index contributed by atoms with van der Waals surface area (Å²) in [5.74, 6) is -0.897. The molecule has 0 saturated carbocycles. The first kappa shape index (κ1) is 77.6. The van der Waals surface area contributed by atoms with Crippen molar-refractivity contribution in [2.24, 2.45) is 0 Å². The number of carbonyl (C=O) groups excluding carboxylic acids is 3. The van der Waals surface area contributed by atoms with Gasteiger partial charge in [-0.05, 0) is 89.9 Å². The van der Waals surface area contributed by atoms with Gasteiger partial charge in [-0.2, -0.15) is 0 Å². The fraction of sp³-hybridized carbons (Fsp3) is 0.773. The molecule has 468 valence electrons. The van der Waals surface area contributed by atoms with Gasteiger partial charge in [-0.3, -0.25) is 14.4 Å². The zero-order chi connectivity index (χ0) is 58.5. The summed E-state index contributed by atoms with van der Waals surface area (Å²) < 4.78 is 17.0. The number of hydrogen-bond donors (Lipinski definition) is 0. The second-order valence-electron chi connectivity index (χ2n) is 23.4. The van der Waals surface area contributed by atoms with Crippen molar-refractivity contribution in [3.8, 4) is 0 Å².